The molecule has 0 aromatic heterocycles. The second-order valence-corrected chi connectivity index (χ2v) is 10.2. The Balaban J connectivity index is 2.14. The average Bonchev–Trinajstić information content (AvgIpc) is 2.96. The Morgan fingerprint density at radius 2 is 1.25 bits per heavy atom. The van der Waals surface area contributed by atoms with E-state index in [1.54, 1.807) is 57.2 Å². The maximum Gasteiger partial charge on any atom is 0.514 e. The van der Waals surface area contributed by atoms with Crippen molar-refractivity contribution in [2.24, 2.45) is 0 Å². The van der Waals surface area contributed by atoms with Crippen LogP contribution >= 0.6 is 0 Å². The summed E-state index contributed by atoms with van der Waals surface area (Å²) in [5, 5.41) is 3.02. The lowest BCUT2D eigenvalue weighted by molar-refractivity contribution is -0.143. The molecule has 0 aliphatic heterocycles. The lowest BCUT2D eigenvalue weighted by Crippen LogP contribution is -2.43. The number of benzene rings is 2. The molecular formula is C32H43NO11. The Labute approximate surface area is 258 Å². The van der Waals surface area contributed by atoms with E-state index in [-0.39, 0.29) is 36.7 Å². The van der Waals surface area contributed by atoms with Gasteiger partial charge in [0.15, 0.2) is 11.5 Å². The largest absolute Gasteiger partial charge is 0.514 e. The Morgan fingerprint density at radius 3 is 1.82 bits per heavy atom. The molecule has 2 rings (SSSR count). The number of methoxy groups -OCH3 is 1. The number of para-hydroxylation sites is 1. The summed E-state index contributed by atoms with van der Waals surface area (Å²) in [7, 11) is 1.25. The molecule has 12 heteroatoms. The van der Waals surface area contributed by atoms with E-state index in [0.29, 0.717) is 24.2 Å². The van der Waals surface area contributed by atoms with Gasteiger partial charge in [-0.1, -0.05) is 51.0 Å². The highest BCUT2D eigenvalue weighted by molar-refractivity contribution is 5.76. The Morgan fingerprint density at radius 1 is 0.705 bits per heavy atom. The van der Waals surface area contributed by atoms with Crippen molar-refractivity contribution in [1.29, 1.82) is 0 Å². The van der Waals surface area contributed by atoms with E-state index in [1.807, 2.05) is 13.8 Å². The molecule has 0 saturated carbocycles. The van der Waals surface area contributed by atoms with Crippen LogP contribution in [0.15, 0.2) is 48.5 Å². The highest BCUT2D eigenvalue weighted by atomic mass is 16.8. The fourth-order valence-corrected chi connectivity index (χ4v) is 4.07. The van der Waals surface area contributed by atoms with Crippen LogP contribution < -0.4 is 19.5 Å². The van der Waals surface area contributed by atoms with Crippen LogP contribution in [-0.4, -0.2) is 62.4 Å². The van der Waals surface area contributed by atoms with Gasteiger partial charge in [-0.3, -0.25) is 4.79 Å². The minimum absolute atomic E-state index is 0.0657. The molecule has 0 bridgehead atoms. The zero-order valence-electron chi connectivity index (χ0n) is 26.2. The first-order valence-corrected chi connectivity index (χ1v) is 14.7. The molecule has 0 heterocycles. The number of esters is 1. The predicted molar refractivity (Wildman–Crippen MR) is 160 cm³/mol. The van der Waals surface area contributed by atoms with Crippen LogP contribution in [0, 0.1) is 0 Å². The second-order valence-electron chi connectivity index (χ2n) is 10.2. The van der Waals surface area contributed by atoms with Crippen molar-refractivity contribution in [3.8, 4) is 17.2 Å². The molecule has 44 heavy (non-hydrogen) atoms. The van der Waals surface area contributed by atoms with Crippen molar-refractivity contribution in [2.75, 3.05) is 13.7 Å². The fraction of sp³-hybridized carbons (Fsp3) is 0.500. The van der Waals surface area contributed by atoms with E-state index in [0.717, 1.165) is 12.8 Å². The van der Waals surface area contributed by atoms with E-state index >= 15 is 0 Å². The zero-order chi connectivity index (χ0) is 32.5. The van der Waals surface area contributed by atoms with Gasteiger partial charge in [0.2, 0.25) is 0 Å². The van der Waals surface area contributed by atoms with Crippen LogP contribution in [0.25, 0.3) is 0 Å². The number of carbonyl (C=O) groups is 4. The Bertz CT molecular complexity index is 1200. The van der Waals surface area contributed by atoms with Crippen molar-refractivity contribution >= 4 is 24.4 Å². The molecule has 0 spiro atoms. The molecule has 2 aromatic rings. The van der Waals surface area contributed by atoms with Gasteiger partial charge in [0, 0.05) is 6.54 Å². The average molecular weight is 618 g/mol. The highest BCUT2D eigenvalue weighted by Gasteiger charge is 2.24. The standard InChI is InChI=1S/C32H43NO11/c1-7-12-21(3)39-31(36)43-27-17-16-24(19-28(27)44-32(37)40-22(4)13-8-2)18-26(29(34)38-6)33-20-23(5)41-30(35)42-25-14-10-9-11-15-25/h9-11,14-17,19,21-23,26,33H,7-8,12-13,18,20H2,1-6H3/t21?,22?,23?,26-/m0/s1. The van der Waals surface area contributed by atoms with Gasteiger partial charge in [0.25, 0.3) is 0 Å². The molecule has 12 nitrogen and oxygen atoms in total. The third kappa shape index (κ3) is 13.3. The number of hydrogen-bond donors (Lipinski definition) is 1. The first kappa shape index (κ1) is 35.9. The van der Waals surface area contributed by atoms with Crippen molar-refractivity contribution < 1.29 is 52.3 Å². The summed E-state index contributed by atoms with van der Waals surface area (Å²) in [6.07, 6.45) is -1.23. The van der Waals surface area contributed by atoms with Crippen LogP contribution in [0.5, 0.6) is 17.2 Å². The molecule has 2 aromatic carbocycles. The third-order valence-corrected chi connectivity index (χ3v) is 6.20. The lowest BCUT2D eigenvalue weighted by Gasteiger charge is -2.20. The van der Waals surface area contributed by atoms with Gasteiger partial charge < -0.3 is 38.5 Å². The molecule has 3 unspecified atom stereocenters. The van der Waals surface area contributed by atoms with Crippen LogP contribution in [-0.2, 0) is 30.2 Å². The summed E-state index contributed by atoms with van der Waals surface area (Å²) >= 11 is 0. The first-order chi connectivity index (χ1) is 21.0. The van der Waals surface area contributed by atoms with Gasteiger partial charge in [0.05, 0.1) is 7.11 Å². The topological polar surface area (TPSA) is 145 Å². The van der Waals surface area contributed by atoms with Gasteiger partial charge in [-0.25, -0.2) is 14.4 Å². The van der Waals surface area contributed by atoms with E-state index < -0.39 is 36.6 Å². The van der Waals surface area contributed by atoms with Crippen molar-refractivity contribution in [3.63, 3.8) is 0 Å². The van der Waals surface area contributed by atoms with Crippen molar-refractivity contribution in [3.05, 3.63) is 54.1 Å². The zero-order valence-corrected chi connectivity index (χ0v) is 26.2. The number of rotatable bonds is 16. The highest BCUT2D eigenvalue weighted by Crippen LogP contribution is 2.30. The summed E-state index contributed by atoms with van der Waals surface area (Å²) in [5.41, 5.74) is 0.537. The predicted octanol–water partition coefficient (Wildman–Crippen LogP) is 6.37. The van der Waals surface area contributed by atoms with Crippen LogP contribution in [0.3, 0.4) is 0 Å². The Hall–Kier alpha value is -4.32. The Kier molecular flexibility index (Phi) is 15.5. The first-order valence-electron chi connectivity index (χ1n) is 14.7. The smallest absolute Gasteiger partial charge is 0.468 e. The van der Waals surface area contributed by atoms with Crippen LogP contribution in [0.2, 0.25) is 0 Å². The van der Waals surface area contributed by atoms with Gasteiger partial charge in [0.1, 0.15) is 30.1 Å². The second kappa shape index (κ2) is 19.1. The summed E-state index contributed by atoms with van der Waals surface area (Å²) < 4.78 is 36.7. The van der Waals surface area contributed by atoms with E-state index in [1.165, 1.54) is 19.2 Å². The quantitative estimate of drug-likeness (QED) is 0.127. The van der Waals surface area contributed by atoms with Crippen molar-refractivity contribution in [1.82, 2.24) is 5.32 Å². The van der Waals surface area contributed by atoms with Gasteiger partial charge in [-0.05, 0) is 69.9 Å². The van der Waals surface area contributed by atoms with Crippen molar-refractivity contribution in [2.45, 2.75) is 91.1 Å². The summed E-state index contributed by atoms with van der Waals surface area (Å²) in [6.45, 7) is 9.14. The van der Waals surface area contributed by atoms with E-state index in [2.05, 4.69) is 5.32 Å². The molecule has 0 amide bonds. The minimum atomic E-state index is -0.975. The normalized spacial score (nSPS) is 13.4. The van der Waals surface area contributed by atoms with Gasteiger partial charge in [-0.2, -0.15) is 0 Å². The molecule has 0 aliphatic carbocycles. The molecule has 0 radical (unpaired) electrons. The monoisotopic (exact) mass is 617 g/mol. The maximum atomic E-state index is 12.6. The number of hydrogen-bond acceptors (Lipinski definition) is 12. The molecule has 0 saturated heterocycles. The van der Waals surface area contributed by atoms with Gasteiger partial charge in [-0.15, -0.1) is 0 Å². The van der Waals surface area contributed by atoms with Gasteiger partial charge >= 0.3 is 24.4 Å². The van der Waals surface area contributed by atoms with Crippen LogP contribution in [0.1, 0.15) is 65.9 Å². The summed E-state index contributed by atoms with van der Waals surface area (Å²) in [4.78, 5) is 49.6. The molecule has 0 aliphatic rings. The van der Waals surface area contributed by atoms with E-state index in [9.17, 15) is 19.2 Å². The summed E-state index contributed by atoms with van der Waals surface area (Å²) in [5.74, 6) is -0.402. The number of nitrogens with one attached hydrogen (secondary N) is 1. The minimum Gasteiger partial charge on any atom is -0.468 e. The molecule has 242 valence electrons. The number of ether oxygens (including phenoxy) is 7. The molecule has 4 atom stereocenters. The van der Waals surface area contributed by atoms with Crippen LogP contribution in [0.4, 0.5) is 14.4 Å². The lowest BCUT2D eigenvalue weighted by atomic mass is 10.0. The molecule has 1 N–H and O–H groups in total. The molecule has 0 fully saturated rings. The third-order valence-electron chi connectivity index (χ3n) is 6.20. The SMILES string of the molecule is CCCC(C)OC(=O)Oc1ccc(C[C@H](NCC(C)OC(=O)Oc2ccccc2)C(=O)OC)cc1OC(=O)OC(C)CCC. The maximum absolute atomic E-state index is 12.6. The van der Waals surface area contributed by atoms with E-state index in [4.69, 9.17) is 33.2 Å². The summed E-state index contributed by atoms with van der Waals surface area (Å²) in [6, 6.07) is 12.1. The molecular weight excluding hydrogens is 574 g/mol. The number of carbonyl (C=O) groups excluding carboxylic acids is 4. The fourth-order valence-electron chi connectivity index (χ4n) is 4.07.